The third-order valence-corrected chi connectivity index (χ3v) is 3.54. The Balaban J connectivity index is 1.87. The summed E-state index contributed by atoms with van der Waals surface area (Å²) < 4.78 is 5.71. The molecule has 1 aliphatic rings. The maximum atomic E-state index is 12.1. The van der Waals surface area contributed by atoms with Gasteiger partial charge in [0.1, 0.15) is 5.69 Å². The largest absolute Gasteiger partial charge is 0.373 e. The van der Waals surface area contributed by atoms with Gasteiger partial charge < -0.3 is 9.72 Å². The van der Waals surface area contributed by atoms with Crippen molar-refractivity contribution in [3.63, 3.8) is 0 Å². The molecule has 0 saturated carbocycles. The van der Waals surface area contributed by atoms with Gasteiger partial charge in [-0.3, -0.25) is 9.69 Å². The second-order valence-corrected chi connectivity index (χ2v) is 5.48. The van der Waals surface area contributed by atoms with Crippen LogP contribution < -0.4 is 5.56 Å². The van der Waals surface area contributed by atoms with E-state index in [0.717, 1.165) is 24.1 Å². The number of benzene rings is 1. The van der Waals surface area contributed by atoms with Crippen LogP contribution in [0.1, 0.15) is 19.5 Å². The van der Waals surface area contributed by atoms with Gasteiger partial charge in [-0.05, 0) is 26.0 Å². The van der Waals surface area contributed by atoms with Crippen LogP contribution in [0.2, 0.25) is 0 Å². The highest BCUT2D eigenvalue weighted by atomic mass is 16.5. The van der Waals surface area contributed by atoms with Gasteiger partial charge in [0.2, 0.25) is 0 Å². The van der Waals surface area contributed by atoms with E-state index in [4.69, 9.17) is 4.74 Å². The molecule has 0 aliphatic carbocycles. The molecular weight excluding hydrogens is 254 g/mol. The number of nitrogens with one attached hydrogen (secondary N) is 1. The zero-order valence-electron chi connectivity index (χ0n) is 11.8. The molecule has 1 N–H and O–H groups in total. The summed E-state index contributed by atoms with van der Waals surface area (Å²) in [7, 11) is 0. The van der Waals surface area contributed by atoms with Crippen molar-refractivity contribution in [3.05, 3.63) is 40.3 Å². The minimum atomic E-state index is -0.101. The van der Waals surface area contributed by atoms with Crippen molar-refractivity contribution in [1.29, 1.82) is 0 Å². The molecule has 1 aliphatic heterocycles. The smallest absolute Gasteiger partial charge is 0.271 e. The van der Waals surface area contributed by atoms with Crippen LogP contribution in [-0.2, 0) is 11.3 Å². The highest BCUT2D eigenvalue weighted by Crippen LogP contribution is 2.13. The van der Waals surface area contributed by atoms with Crippen LogP contribution in [0.3, 0.4) is 0 Å². The number of ether oxygens (including phenoxy) is 1. The Kier molecular flexibility index (Phi) is 3.54. The fourth-order valence-corrected chi connectivity index (χ4v) is 2.80. The Bertz CT molecular complexity index is 657. The van der Waals surface area contributed by atoms with E-state index in [9.17, 15) is 4.79 Å². The first kappa shape index (κ1) is 13.3. The van der Waals surface area contributed by atoms with E-state index in [1.807, 2.05) is 24.3 Å². The molecule has 1 aromatic heterocycles. The summed E-state index contributed by atoms with van der Waals surface area (Å²) in [4.78, 5) is 21.7. The van der Waals surface area contributed by atoms with E-state index in [2.05, 4.69) is 28.7 Å². The number of nitrogens with zero attached hydrogens (tertiary/aromatic N) is 2. The van der Waals surface area contributed by atoms with Crippen LogP contribution in [0.15, 0.2) is 29.1 Å². The Morgan fingerprint density at radius 2 is 2.00 bits per heavy atom. The lowest BCUT2D eigenvalue weighted by Crippen LogP contribution is -2.45. The molecule has 0 spiro atoms. The van der Waals surface area contributed by atoms with Crippen LogP contribution in [0, 0.1) is 0 Å². The van der Waals surface area contributed by atoms with Crippen molar-refractivity contribution in [2.24, 2.45) is 0 Å². The van der Waals surface area contributed by atoms with Gasteiger partial charge in [-0.15, -0.1) is 0 Å². The highest BCUT2D eigenvalue weighted by molar-refractivity contribution is 5.73. The van der Waals surface area contributed by atoms with Crippen LogP contribution in [0.4, 0.5) is 0 Å². The van der Waals surface area contributed by atoms with Crippen molar-refractivity contribution in [1.82, 2.24) is 14.9 Å². The van der Waals surface area contributed by atoms with Gasteiger partial charge >= 0.3 is 0 Å². The molecular formula is C15H19N3O2. The monoisotopic (exact) mass is 273 g/mol. The number of para-hydroxylation sites is 2. The second-order valence-electron chi connectivity index (χ2n) is 5.48. The average Bonchev–Trinajstić information content (AvgIpc) is 2.38. The summed E-state index contributed by atoms with van der Waals surface area (Å²) in [5, 5.41) is 0. The normalized spacial score (nSPS) is 24.1. The molecule has 2 aromatic rings. The molecule has 1 fully saturated rings. The first-order valence-corrected chi connectivity index (χ1v) is 6.97. The predicted molar refractivity (Wildman–Crippen MR) is 77.6 cm³/mol. The first-order valence-electron chi connectivity index (χ1n) is 6.97. The molecule has 0 amide bonds. The van der Waals surface area contributed by atoms with E-state index in [1.54, 1.807) is 0 Å². The zero-order valence-corrected chi connectivity index (χ0v) is 11.8. The zero-order chi connectivity index (χ0) is 14.1. The lowest BCUT2D eigenvalue weighted by atomic mass is 10.2. The van der Waals surface area contributed by atoms with Crippen molar-refractivity contribution >= 4 is 11.0 Å². The molecule has 0 bridgehead atoms. The van der Waals surface area contributed by atoms with E-state index < -0.39 is 0 Å². The molecule has 2 heterocycles. The number of H-pyrrole nitrogens is 1. The number of aromatic amines is 1. The van der Waals surface area contributed by atoms with Gasteiger partial charge in [0.25, 0.3) is 5.56 Å². The maximum Gasteiger partial charge on any atom is 0.271 e. The maximum absolute atomic E-state index is 12.1. The fraction of sp³-hybridized carbons (Fsp3) is 0.467. The third kappa shape index (κ3) is 2.73. The van der Waals surface area contributed by atoms with Gasteiger partial charge in [-0.2, -0.15) is 0 Å². The molecule has 2 atom stereocenters. The van der Waals surface area contributed by atoms with Crippen LogP contribution in [0.5, 0.6) is 0 Å². The predicted octanol–water partition coefficient (Wildman–Crippen LogP) is 1.53. The summed E-state index contributed by atoms with van der Waals surface area (Å²) in [6.45, 7) is 6.34. The van der Waals surface area contributed by atoms with Gasteiger partial charge in [-0.1, -0.05) is 12.1 Å². The van der Waals surface area contributed by atoms with Crippen LogP contribution in [-0.4, -0.2) is 40.2 Å². The van der Waals surface area contributed by atoms with Crippen molar-refractivity contribution < 1.29 is 4.74 Å². The molecule has 3 rings (SSSR count). The number of morpholine rings is 1. The fourth-order valence-electron chi connectivity index (χ4n) is 2.80. The first-order chi connectivity index (χ1) is 9.61. The lowest BCUT2D eigenvalue weighted by molar-refractivity contribution is -0.0708. The standard InChI is InChI=1S/C15H19N3O2/c1-10-7-18(8-11(2)20-10)9-14-15(19)17-13-6-4-3-5-12(13)16-14/h3-6,10-11H,7-9H2,1-2H3,(H,17,19)/t10-,11+. The molecule has 106 valence electrons. The molecule has 5 nitrogen and oxygen atoms in total. The molecule has 20 heavy (non-hydrogen) atoms. The number of hydrogen-bond acceptors (Lipinski definition) is 4. The summed E-state index contributed by atoms with van der Waals surface area (Å²) in [6.07, 6.45) is 0.386. The van der Waals surface area contributed by atoms with E-state index in [-0.39, 0.29) is 17.8 Å². The van der Waals surface area contributed by atoms with Gasteiger partial charge in [0.05, 0.1) is 23.2 Å². The summed E-state index contributed by atoms with van der Waals surface area (Å²) in [5.74, 6) is 0. The van der Waals surface area contributed by atoms with Crippen molar-refractivity contribution in [2.75, 3.05) is 13.1 Å². The third-order valence-electron chi connectivity index (χ3n) is 3.54. The molecule has 0 radical (unpaired) electrons. The molecule has 5 heteroatoms. The van der Waals surface area contributed by atoms with Crippen LogP contribution in [0.25, 0.3) is 11.0 Å². The van der Waals surface area contributed by atoms with Crippen molar-refractivity contribution in [2.45, 2.75) is 32.6 Å². The highest BCUT2D eigenvalue weighted by Gasteiger charge is 2.23. The summed E-state index contributed by atoms with van der Waals surface area (Å²) >= 11 is 0. The van der Waals surface area contributed by atoms with Gasteiger partial charge in [-0.25, -0.2) is 4.98 Å². The van der Waals surface area contributed by atoms with Crippen LogP contribution >= 0.6 is 0 Å². The summed E-state index contributed by atoms with van der Waals surface area (Å²) in [6, 6.07) is 7.60. The average molecular weight is 273 g/mol. The number of hydrogen-bond donors (Lipinski definition) is 1. The van der Waals surface area contributed by atoms with Gasteiger partial charge in [0.15, 0.2) is 0 Å². The Morgan fingerprint density at radius 3 is 2.75 bits per heavy atom. The Hall–Kier alpha value is -1.72. The topological polar surface area (TPSA) is 58.2 Å². The Morgan fingerprint density at radius 1 is 1.30 bits per heavy atom. The van der Waals surface area contributed by atoms with E-state index >= 15 is 0 Å². The van der Waals surface area contributed by atoms with Gasteiger partial charge in [0, 0.05) is 19.6 Å². The minimum absolute atomic E-state index is 0.101. The Labute approximate surface area is 117 Å². The number of fused-ring (bicyclic) bond motifs is 1. The summed E-state index contributed by atoms with van der Waals surface area (Å²) in [5.41, 5.74) is 2.09. The SMILES string of the molecule is C[C@@H]1CN(Cc2nc3ccccc3[nH]c2=O)C[C@H](C)O1. The number of rotatable bonds is 2. The minimum Gasteiger partial charge on any atom is -0.373 e. The van der Waals surface area contributed by atoms with Crippen molar-refractivity contribution in [3.8, 4) is 0 Å². The van der Waals surface area contributed by atoms with E-state index in [0.29, 0.717) is 12.2 Å². The molecule has 1 aromatic carbocycles. The lowest BCUT2D eigenvalue weighted by Gasteiger charge is -2.34. The molecule has 0 unspecified atom stereocenters. The molecule has 1 saturated heterocycles. The second kappa shape index (κ2) is 5.34. The quantitative estimate of drug-likeness (QED) is 0.901. The van der Waals surface area contributed by atoms with E-state index in [1.165, 1.54) is 0 Å². The number of aromatic nitrogens is 2.